The van der Waals surface area contributed by atoms with Gasteiger partial charge in [-0.25, -0.2) is 14.4 Å². The minimum absolute atomic E-state index is 0.0355. The molecule has 3 heterocycles. The third kappa shape index (κ3) is 5.67. The van der Waals surface area contributed by atoms with Crippen LogP contribution in [0.25, 0.3) is 11.3 Å². The monoisotopic (exact) mass is 497 g/mol. The maximum Gasteiger partial charge on any atom is 0.410 e. The molecule has 1 amide bonds. The van der Waals surface area contributed by atoms with E-state index < -0.39 is 5.60 Å². The van der Waals surface area contributed by atoms with Gasteiger partial charge in [-0.2, -0.15) is 0 Å². The summed E-state index contributed by atoms with van der Waals surface area (Å²) in [7, 11) is 1.35. The highest BCUT2D eigenvalue weighted by molar-refractivity contribution is 7.13. The van der Waals surface area contributed by atoms with E-state index in [0.717, 1.165) is 16.1 Å². The number of aromatic nitrogens is 2. The molecule has 1 fully saturated rings. The average molecular weight is 498 g/mol. The molecule has 8 nitrogen and oxygen atoms in total. The van der Waals surface area contributed by atoms with Crippen molar-refractivity contribution in [1.82, 2.24) is 14.0 Å². The number of rotatable bonds is 5. The van der Waals surface area contributed by atoms with Crippen molar-refractivity contribution < 1.29 is 19.1 Å². The fourth-order valence-electron chi connectivity index (χ4n) is 4.27. The van der Waals surface area contributed by atoms with Gasteiger partial charge < -0.3 is 14.4 Å². The zero-order chi connectivity index (χ0) is 25.2. The lowest BCUT2D eigenvalue weighted by atomic mass is 10.0. The number of nitrogens with zero attached hydrogens (tertiary/aromatic N) is 3. The molecule has 0 atom stereocenters. The van der Waals surface area contributed by atoms with E-state index in [9.17, 15) is 14.4 Å². The first-order valence-electron chi connectivity index (χ1n) is 11.7. The van der Waals surface area contributed by atoms with Gasteiger partial charge in [-0.3, -0.25) is 9.13 Å². The number of esters is 1. The number of carbonyl (C=O) groups excluding carboxylic acids is 2. The normalized spacial score (nSPS) is 14.7. The molecule has 0 bridgehead atoms. The fraction of sp³-hybridized carbons (Fsp3) is 0.423. The molecular weight excluding hydrogens is 466 g/mol. The van der Waals surface area contributed by atoms with Gasteiger partial charge >= 0.3 is 17.8 Å². The number of imidazole rings is 1. The van der Waals surface area contributed by atoms with Crippen molar-refractivity contribution in [1.29, 1.82) is 0 Å². The van der Waals surface area contributed by atoms with Crippen molar-refractivity contribution in [3.8, 4) is 11.3 Å². The molecule has 0 radical (unpaired) electrons. The van der Waals surface area contributed by atoms with Crippen molar-refractivity contribution in [3.05, 3.63) is 68.9 Å². The first kappa shape index (κ1) is 24.8. The number of ether oxygens (including phenoxy) is 2. The van der Waals surface area contributed by atoms with Crippen LogP contribution < -0.4 is 5.69 Å². The molecule has 0 N–H and O–H groups in total. The van der Waals surface area contributed by atoms with Crippen LogP contribution in [0.4, 0.5) is 4.79 Å². The van der Waals surface area contributed by atoms with E-state index in [-0.39, 0.29) is 23.8 Å². The van der Waals surface area contributed by atoms with Crippen molar-refractivity contribution in [2.75, 3.05) is 20.2 Å². The molecule has 186 valence electrons. The quantitative estimate of drug-likeness (QED) is 0.474. The predicted molar refractivity (Wildman–Crippen MR) is 135 cm³/mol. The largest absolute Gasteiger partial charge is 0.465 e. The van der Waals surface area contributed by atoms with Gasteiger partial charge in [0.25, 0.3) is 0 Å². The Hall–Kier alpha value is -3.33. The van der Waals surface area contributed by atoms with Crippen LogP contribution in [0.15, 0.2) is 53.5 Å². The van der Waals surface area contributed by atoms with Gasteiger partial charge in [-0.05, 0) is 51.3 Å². The minimum Gasteiger partial charge on any atom is -0.465 e. The van der Waals surface area contributed by atoms with E-state index in [2.05, 4.69) is 0 Å². The predicted octanol–water partition coefficient (Wildman–Crippen LogP) is 4.79. The molecule has 1 saturated heterocycles. The Kier molecular flexibility index (Phi) is 7.16. The molecule has 1 aromatic carbocycles. The summed E-state index contributed by atoms with van der Waals surface area (Å²) in [5.41, 5.74) is 1.15. The summed E-state index contributed by atoms with van der Waals surface area (Å²) in [4.78, 5) is 41.0. The Morgan fingerprint density at radius 2 is 1.74 bits per heavy atom. The van der Waals surface area contributed by atoms with Crippen LogP contribution >= 0.6 is 11.3 Å². The van der Waals surface area contributed by atoms with E-state index in [4.69, 9.17) is 9.47 Å². The molecule has 1 aliphatic heterocycles. The average Bonchev–Trinajstić information content (AvgIpc) is 3.43. The summed E-state index contributed by atoms with van der Waals surface area (Å²) < 4.78 is 13.9. The number of likely N-dealkylation sites (tertiary alicyclic amines) is 1. The lowest BCUT2D eigenvalue weighted by Crippen LogP contribution is -2.43. The van der Waals surface area contributed by atoms with Gasteiger partial charge in [-0.15, -0.1) is 11.3 Å². The number of benzene rings is 1. The summed E-state index contributed by atoms with van der Waals surface area (Å²) >= 11 is 1.32. The van der Waals surface area contributed by atoms with Crippen LogP contribution in [-0.2, 0) is 16.0 Å². The molecule has 35 heavy (non-hydrogen) atoms. The first-order valence-corrected chi connectivity index (χ1v) is 12.5. The maximum absolute atomic E-state index is 13.6. The van der Waals surface area contributed by atoms with E-state index in [0.29, 0.717) is 37.4 Å². The topological polar surface area (TPSA) is 82.8 Å². The number of hydrogen-bond acceptors (Lipinski definition) is 6. The van der Waals surface area contributed by atoms with Gasteiger partial charge in [0.2, 0.25) is 0 Å². The van der Waals surface area contributed by atoms with Crippen LogP contribution in [-0.4, -0.2) is 51.9 Å². The number of hydrogen-bond donors (Lipinski definition) is 0. The second kappa shape index (κ2) is 10.1. The minimum atomic E-state index is -0.544. The van der Waals surface area contributed by atoms with Gasteiger partial charge in [0, 0.05) is 30.2 Å². The van der Waals surface area contributed by atoms with Crippen molar-refractivity contribution in [3.63, 3.8) is 0 Å². The zero-order valence-corrected chi connectivity index (χ0v) is 21.3. The summed E-state index contributed by atoms with van der Waals surface area (Å²) in [6.07, 6.45) is 2.89. The Balaban J connectivity index is 1.60. The Bertz CT molecular complexity index is 1240. The highest BCUT2D eigenvalue weighted by Crippen LogP contribution is 2.29. The standard InChI is InChI=1S/C26H31N3O5S/c1-26(2,3)34-25(32)27-14-12-19(13-15-27)29-21(18-8-6-5-7-9-18)17-28(24(29)31)16-20-10-11-22(35-20)23(30)33-4/h5-11,17,19H,12-16H2,1-4H3. The Labute approximate surface area is 208 Å². The highest BCUT2D eigenvalue weighted by atomic mass is 32.1. The lowest BCUT2D eigenvalue weighted by molar-refractivity contribution is 0.0187. The van der Waals surface area contributed by atoms with Gasteiger partial charge in [0.1, 0.15) is 10.5 Å². The van der Waals surface area contributed by atoms with Crippen LogP contribution in [0.5, 0.6) is 0 Å². The molecule has 3 aromatic rings. The Morgan fingerprint density at radius 1 is 1.06 bits per heavy atom. The Morgan fingerprint density at radius 3 is 2.37 bits per heavy atom. The number of thiophene rings is 1. The van der Waals surface area contributed by atoms with Gasteiger partial charge in [0.15, 0.2) is 0 Å². The van der Waals surface area contributed by atoms with Gasteiger partial charge in [-0.1, -0.05) is 30.3 Å². The van der Waals surface area contributed by atoms with Crippen molar-refractivity contribution in [2.24, 2.45) is 0 Å². The molecule has 1 aliphatic rings. The summed E-state index contributed by atoms with van der Waals surface area (Å²) in [5.74, 6) is -0.382. The van der Waals surface area contributed by atoms with E-state index in [1.54, 1.807) is 15.5 Å². The molecule has 2 aromatic heterocycles. The molecule has 0 saturated carbocycles. The van der Waals surface area contributed by atoms with Crippen molar-refractivity contribution >= 4 is 23.4 Å². The SMILES string of the molecule is COC(=O)c1ccc(Cn2cc(-c3ccccc3)n(C3CCN(C(=O)OC(C)(C)C)CC3)c2=O)s1. The van der Waals surface area contributed by atoms with Crippen molar-refractivity contribution in [2.45, 2.75) is 51.8 Å². The number of methoxy groups -OCH3 is 1. The second-order valence-corrected chi connectivity index (χ2v) is 10.8. The smallest absolute Gasteiger partial charge is 0.410 e. The summed E-state index contributed by atoms with van der Waals surface area (Å²) in [6, 6.07) is 13.4. The fourth-order valence-corrected chi connectivity index (χ4v) is 5.19. The number of piperidine rings is 1. The van der Waals surface area contributed by atoms with Crippen LogP contribution in [0, 0.1) is 0 Å². The summed E-state index contributed by atoms with van der Waals surface area (Å²) in [6.45, 7) is 6.98. The molecule has 4 rings (SSSR count). The molecule has 0 unspecified atom stereocenters. The first-order chi connectivity index (χ1) is 16.7. The summed E-state index contributed by atoms with van der Waals surface area (Å²) in [5, 5.41) is 0. The van der Waals surface area contributed by atoms with E-state index >= 15 is 0 Å². The van der Waals surface area contributed by atoms with Gasteiger partial charge in [0.05, 0.1) is 19.3 Å². The maximum atomic E-state index is 13.6. The van der Waals surface area contributed by atoms with E-state index in [1.165, 1.54) is 18.4 Å². The van der Waals surface area contributed by atoms with Crippen LogP contribution in [0.1, 0.15) is 54.2 Å². The van der Waals surface area contributed by atoms with Crippen LogP contribution in [0.2, 0.25) is 0 Å². The second-order valence-electron chi connectivity index (χ2n) is 9.62. The zero-order valence-electron chi connectivity index (χ0n) is 20.5. The number of amides is 1. The third-order valence-electron chi connectivity index (χ3n) is 5.91. The number of carbonyl (C=O) groups is 2. The lowest BCUT2D eigenvalue weighted by Gasteiger charge is -2.34. The molecular formula is C26H31N3O5S. The van der Waals surface area contributed by atoms with E-state index in [1.807, 2.05) is 67.9 Å². The third-order valence-corrected chi connectivity index (χ3v) is 6.96. The molecule has 0 aliphatic carbocycles. The molecule has 9 heteroatoms. The molecule has 0 spiro atoms. The highest BCUT2D eigenvalue weighted by Gasteiger charge is 2.30. The van der Waals surface area contributed by atoms with Crippen LogP contribution in [0.3, 0.4) is 0 Å².